The van der Waals surface area contributed by atoms with Crippen LogP contribution in [0.25, 0.3) is 0 Å². The minimum Gasteiger partial charge on any atom is -0.388 e. The summed E-state index contributed by atoms with van der Waals surface area (Å²) in [5.41, 5.74) is 1.46. The first-order chi connectivity index (χ1) is 9.02. The van der Waals surface area contributed by atoms with Crippen LogP contribution in [0.1, 0.15) is 32.6 Å². The number of nitrogens with two attached hydrogens (primary N) is 1. The van der Waals surface area contributed by atoms with Gasteiger partial charge in [0, 0.05) is 6.54 Å². The van der Waals surface area contributed by atoms with Gasteiger partial charge in [-0.25, -0.2) is 15.2 Å². The Morgan fingerprint density at radius 2 is 2.42 bits per heavy atom. The van der Waals surface area contributed by atoms with Crippen molar-refractivity contribution in [2.45, 2.75) is 38.2 Å². The first kappa shape index (κ1) is 14.0. The van der Waals surface area contributed by atoms with E-state index in [-0.39, 0.29) is 18.3 Å². The van der Waals surface area contributed by atoms with Crippen LogP contribution >= 0.6 is 0 Å². The molecule has 5 N–H and O–H groups in total. The van der Waals surface area contributed by atoms with E-state index in [0.717, 1.165) is 25.5 Å². The lowest BCUT2D eigenvalue weighted by Gasteiger charge is -2.35. The molecular weight excluding hydrogens is 249 g/mol. The van der Waals surface area contributed by atoms with Crippen molar-refractivity contribution in [1.29, 1.82) is 0 Å². The highest BCUT2D eigenvalue weighted by molar-refractivity contribution is 5.40. The number of hydrogen-bond acceptors (Lipinski definition) is 6. The van der Waals surface area contributed by atoms with Crippen LogP contribution in [0, 0.1) is 11.7 Å². The van der Waals surface area contributed by atoms with E-state index in [2.05, 4.69) is 27.6 Å². The lowest BCUT2D eigenvalue weighted by molar-refractivity contribution is -0.000873. The van der Waals surface area contributed by atoms with Crippen LogP contribution in [0.5, 0.6) is 0 Å². The van der Waals surface area contributed by atoms with Crippen molar-refractivity contribution >= 4 is 11.8 Å². The fourth-order valence-electron chi connectivity index (χ4n) is 2.60. The molecule has 2 unspecified atom stereocenters. The van der Waals surface area contributed by atoms with Crippen molar-refractivity contribution in [2.75, 3.05) is 17.3 Å². The quantitative estimate of drug-likeness (QED) is 0.485. The minimum atomic E-state index is -0.800. The number of halogens is 1. The molecule has 0 spiro atoms. The number of anilines is 2. The standard InChI is InChI=1S/C12H20FN5O/c1-8-3-2-4-12(19,5-8)7-16-10-9(13)6-15-11(17-10)18-14/h6,8,19H,2-5,7,14H2,1H3,(H2,15,16,17,18). The van der Waals surface area contributed by atoms with Gasteiger partial charge in [0.25, 0.3) is 0 Å². The van der Waals surface area contributed by atoms with Gasteiger partial charge in [-0.05, 0) is 18.8 Å². The molecule has 106 valence electrons. The van der Waals surface area contributed by atoms with Gasteiger partial charge in [0.05, 0.1) is 11.8 Å². The zero-order valence-corrected chi connectivity index (χ0v) is 11.0. The van der Waals surface area contributed by atoms with Crippen molar-refractivity contribution < 1.29 is 9.50 Å². The van der Waals surface area contributed by atoms with E-state index < -0.39 is 11.4 Å². The van der Waals surface area contributed by atoms with Crippen molar-refractivity contribution in [2.24, 2.45) is 11.8 Å². The molecule has 1 aliphatic rings. The summed E-state index contributed by atoms with van der Waals surface area (Å²) < 4.78 is 13.5. The number of nitrogens with one attached hydrogen (secondary N) is 2. The Kier molecular flexibility index (Phi) is 4.16. The van der Waals surface area contributed by atoms with E-state index in [1.165, 1.54) is 0 Å². The molecule has 0 aliphatic heterocycles. The zero-order valence-electron chi connectivity index (χ0n) is 11.0. The third kappa shape index (κ3) is 3.51. The molecule has 2 atom stereocenters. The fourth-order valence-corrected chi connectivity index (χ4v) is 2.60. The molecule has 0 aromatic carbocycles. The minimum absolute atomic E-state index is 0.0506. The molecule has 1 heterocycles. The number of nitrogens with zero attached hydrogens (tertiary/aromatic N) is 2. The SMILES string of the molecule is CC1CCCC(O)(CNc2nc(NN)ncc2F)C1. The summed E-state index contributed by atoms with van der Waals surface area (Å²) in [6.07, 6.45) is 4.60. The topological polar surface area (TPSA) is 96.1 Å². The second-order valence-electron chi connectivity index (χ2n) is 5.31. The second-order valence-corrected chi connectivity index (χ2v) is 5.31. The smallest absolute Gasteiger partial charge is 0.239 e. The van der Waals surface area contributed by atoms with Gasteiger partial charge in [0.15, 0.2) is 11.6 Å². The third-order valence-electron chi connectivity index (χ3n) is 3.53. The molecule has 1 aliphatic carbocycles. The van der Waals surface area contributed by atoms with Crippen LogP contribution in [0.15, 0.2) is 6.20 Å². The van der Waals surface area contributed by atoms with Gasteiger partial charge in [0.1, 0.15) is 0 Å². The van der Waals surface area contributed by atoms with Crippen LogP contribution < -0.4 is 16.6 Å². The molecule has 0 bridgehead atoms. The summed E-state index contributed by atoms with van der Waals surface area (Å²) in [5, 5.41) is 13.3. The Hall–Kier alpha value is -1.47. The van der Waals surface area contributed by atoms with Gasteiger partial charge in [-0.2, -0.15) is 4.98 Å². The maximum Gasteiger partial charge on any atom is 0.239 e. The molecule has 0 amide bonds. The Morgan fingerprint density at radius 3 is 3.11 bits per heavy atom. The number of rotatable bonds is 4. The van der Waals surface area contributed by atoms with Crippen molar-refractivity contribution in [3.8, 4) is 0 Å². The molecule has 0 radical (unpaired) electrons. The zero-order chi connectivity index (χ0) is 13.9. The molecule has 2 rings (SSSR count). The molecular formula is C12H20FN5O. The number of hydrogen-bond donors (Lipinski definition) is 4. The summed E-state index contributed by atoms with van der Waals surface area (Å²) in [5.74, 6) is 5.28. The van der Waals surface area contributed by atoms with E-state index in [1.807, 2.05) is 0 Å². The highest BCUT2D eigenvalue weighted by Crippen LogP contribution is 2.32. The van der Waals surface area contributed by atoms with Gasteiger partial charge >= 0.3 is 0 Å². The number of aliphatic hydroxyl groups is 1. The Balaban J connectivity index is 2.01. The lowest BCUT2D eigenvalue weighted by atomic mass is 9.79. The van der Waals surface area contributed by atoms with Crippen LogP contribution in [0.3, 0.4) is 0 Å². The summed E-state index contributed by atoms with van der Waals surface area (Å²) in [6, 6.07) is 0. The van der Waals surface area contributed by atoms with Gasteiger partial charge in [0.2, 0.25) is 5.95 Å². The summed E-state index contributed by atoms with van der Waals surface area (Å²) >= 11 is 0. The molecule has 0 saturated heterocycles. The fraction of sp³-hybridized carbons (Fsp3) is 0.667. The van der Waals surface area contributed by atoms with E-state index in [0.29, 0.717) is 12.3 Å². The van der Waals surface area contributed by atoms with E-state index in [1.54, 1.807) is 0 Å². The molecule has 19 heavy (non-hydrogen) atoms. The highest BCUT2D eigenvalue weighted by atomic mass is 19.1. The molecule has 1 aromatic rings. The first-order valence-corrected chi connectivity index (χ1v) is 6.48. The van der Waals surface area contributed by atoms with Crippen molar-refractivity contribution in [3.63, 3.8) is 0 Å². The second kappa shape index (κ2) is 5.66. The lowest BCUT2D eigenvalue weighted by Crippen LogP contribution is -2.41. The Labute approximate surface area is 111 Å². The van der Waals surface area contributed by atoms with Crippen LogP contribution in [0.4, 0.5) is 16.2 Å². The number of nitrogen functional groups attached to an aromatic ring is 1. The summed E-state index contributed by atoms with van der Waals surface area (Å²) in [7, 11) is 0. The van der Waals surface area contributed by atoms with Gasteiger partial charge < -0.3 is 10.4 Å². The molecule has 1 aromatic heterocycles. The normalized spacial score (nSPS) is 27.1. The van der Waals surface area contributed by atoms with Crippen molar-refractivity contribution in [1.82, 2.24) is 9.97 Å². The number of hydrazine groups is 1. The average molecular weight is 269 g/mol. The van der Waals surface area contributed by atoms with E-state index in [4.69, 9.17) is 5.84 Å². The van der Waals surface area contributed by atoms with Crippen LogP contribution in [-0.4, -0.2) is 27.2 Å². The Morgan fingerprint density at radius 1 is 1.63 bits per heavy atom. The number of aromatic nitrogens is 2. The third-order valence-corrected chi connectivity index (χ3v) is 3.53. The summed E-state index contributed by atoms with van der Waals surface area (Å²) in [6.45, 7) is 2.39. The molecule has 1 fully saturated rings. The van der Waals surface area contributed by atoms with Crippen molar-refractivity contribution in [3.05, 3.63) is 12.0 Å². The van der Waals surface area contributed by atoms with Gasteiger partial charge in [-0.3, -0.25) is 5.43 Å². The maximum absolute atomic E-state index is 13.5. The van der Waals surface area contributed by atoms with Gasteiger partial charge in [-0.15, -0.1) is 0 Å². The van der Waals surface area contributed by atoms with E-state index in [9.17, 15) is 9.50 Å². The average Bonchev–Trinajstić information content (AvgIpc) is 2.37. The molecule has 1 saturated carbocycles. The summed E-state index contributed by atoms with van der Waals surface area (Å²) in [4.78, 5) is 7.54. The Bertz CT molecular complexity index is 444. The molecule has 7 heteroatoms. The monoisotopic (exact) mass is 269 g/mol. The molecule has 6 nitrogen and oxygen atoms in total. The van der Waals surface area contributed by atoms with E-state index >= 15 is 0 Å². The predicted molar refractivity (Wildman–Crippen MR) is 70.9 cm³/mol. The van der Waals surface area contributed by atoms with Gasteiger partial charge in [-0.1, -0.05) is 19.8 Å². The maximum atomic E-state index is 13.5. The van der Waals surface area contributed by atoms with Crippen LogP contribution in [-0.2, 0) is 0 Å². The largest absolute Gasteiger partial charge is 0.388 e. The van der Waals surface area contributed by atoms with Crippen LogP contribution in [0.2, 0.25) is 0 Å². The predicted octanol–water partition coefficient (Wildman–Crippen LogP) is 1.25. The first-order valence-electron chi connectivity index (χ1n) is 6.48. The highest BCUT2D eigenvalue weighted by Gasteiger charge is 2.32.